The molecule has 0 atom stereocenters. The van der Waals surface area contributed by atoms with Gasteiger partial charge in [0.25, 0.3) is 0 Å². The molecule has 4 nitrogen and oxygen atoms in total. The van der Waals surface area contributed by atoms with Gasteiger partial charge in [0.15, 0.2) is 0 Å². The molecule has 0 bridgehead atoms. The molecule has 0 saturated carbocycles. The van der Waals surface area contributed by atoms with E-state index in [4.69, 9.17) is 10.5 Å². The third-order valence-corrected chi connectivity index (χ3v) is 4.46. The van der Waals surface area contributed by atoms with Crippen LogP contribution in [0.5, 0.6) is 5.75 Å². The summed E-state index contributed by atoms with van der Waals surface area (Å²) >= 11 is 0. The van der Waals surface area contributed by atoms with Gasteiger partial charge in [0.05, 0.1) is 6.61 Å². The highest BCUT2D eigenvalue weighted by molar-refractivity contribution is 5.43. The van der Waals surface area contributed by atoms with Crippen LogP contribution >= 0.6 is 0 Å². The number of benzene rings is 2. The maximum atomic E-state index is 5.76. The van der Waals surface area contributed by atoms with Crippen molar-refractivity contribution in [1.82, 2.24) is 9.80 Å². The second kappa shape index (κ2) is 8.71. The number of hydrogen-bond donors (Lipinski definition) is 1. The number of hydrogen-bond acceptors (Lipinski definition) is 4. The van der Waals surface area contributed by atoms with Crippen LogP contribution in [0, 0.1) is 0 Å². The van der Waals surface area contributed by atoms with Crippen molar-refractivity contribution < 1.29 is 4.74 Å². The number of anilines is 1. The molecule has 4 heteroatoms. The summed E-state index contributed by atoms with van der Waals surface area (Å²) in [5.41, 5.74) is 7.91. The molecule has 128 valence electrons. The van der Waals surface area contributed by atoms with Crippen molar-refractivity contribution in [2.24, 2.45) is 0 Å². The number of ether oxygens (including phenoxy) is 1. The Balaban J connectivity index is 1.31. The summed E-state index contributed by atoms with van der Waals surface area (Å²) in [6.45, 7) is 7.48. The maximum absolute atomic E-state index is 5.76. The summed E-state index contributed by atoms with van der Waals surface area (Å²) in [6.07, 6.45) is 1.05. The van der Waals surface area contributed by atoms with Gasteiger partial charge in [0.1, 0.15) is 5.75 Å². The molecule has 1 fully saturated rings. The van der Waals surface area contributed by atoms with Gasteiger partial charge in [-0.3, -0.25) is 4.90 Å². The van der Waals surface area contributed by atoms with Crippen LogP contribution in [0.1, 0.15) is 12.0 Å². The Labute approximate surface area is 144 Å². The average molecular weight is 325 g/mol. The lowest BCUT2D eigenvalue weighted by molar-refractivity contribution is 0.121. The number of piperazine rings is 1. The molecule has 2 aromatic rings. The first-order chi connectivity index (χ1) is 11.8. The lowest BCUT2D eigenvalue weighted by atomic mass is 10.2. The largest absolute Gasteiger partial charge is 0.493 e. The van der Waals surface area contributed by atoms with Crippen molar-refractivity contribution in [1.29, 1.82) is 0 Å². The van der Waals surface area contributed by atoms with Gasteiger partial charge in [-0.15, -0.1) is 0 Å². The molecule has 0 aromatic heterocycles. The van der Waals surface area contributed by atoms with Crippen LogP contribution < -0.4 is 10.5 Å². The third-order valence-electron chi connectivity index (χ3n) is 4.46. The predicted octanol–water partition coefficient (Wildman–Crippen LogP) is 2.86. The Bertz CT molecular complexity index is 609. The molecular weight excluding hydrogens is 298 g/mol. The van der Waals surface area contributed by atoms with E-state index in [0.717, 1.165) is 63.7 Å². The van der Waals surface area contributed by atoms with E-state index in [9.17, 15) is 0 Å². The molecule has 2 aromatic carbocycles. The van der Waals surface area contributed by atoms with Crippen LogP contribution in [0.2, 0.25) is 0 Å². The molecule has 1 heterocycles. The van der Waals surface area contributed by atoms with Crippen molar-refractivity contribution in [3.05, 3.63) is 60.2 Å². The van der Waals surface area contributed by atoms with E-state index < -0.39 is 0 Å². The minimum absolute atomic E-state index is 0.744. The fourth-order valence-electron chi connectivity index (χ4n) is 3.10. The monoisotopic (exact) mass is 325 g/mol. The van der Waals surface area contributed by atoms with Crippen molar-refractivity contribution >= 4 is 5.69 Å². The van der Waals surface area contributed by atoms with Crippen LogP contribution in [0.3, 0.4) is 0 Å². The quantitative estimate of drug-likeness (QED) is 0.628. The Kier molecular flexibility index (Phi) is 6.10. The zero-order valence-electron chi connectivity index (χ0n) is 14.2. The highest BCUT2D eigenvalue weighted by Crippen LogP contribution is 2.14. The fraction of sp³-hybridized carbons (Fsp3) is 0.400. The molecule has 3 rings (SSSR count). The second-order valence-electron chi connectivity index (χ2n) is 6.38. The van der Waals surface area contributed by atoms with Gasteiger partial charge < -0.3 is 15.4 Å². The lowest BCUT2D eigenvalue weighted by Gasteiger charge is -2.34. The van der Waals surface area contributed by atoms with E-state index in [0.29, 0.717) is 0 Å². The smallest absolute Gasteiger partial charge is 0.121 e. The van der Waals surface area contributed by atoms with E-state index in [-0.39, 0.29) is 0 Å². The van der Waals surface area contributed by atoms with Gasteiger partial charge in [0.2, 0.25) is 0 Å². The van der Waals surface area contributed by atoms with Gasteiger partial charge >= 0.3 is 0 Å². The predicted molar refractivity (Wildman–Crippen MR) is 99.1 cm³/mol. The molecule has 0 amide bonds. The van der Waals surface area contributed by atoms with Crippen LogP contribution in [-0.2, 0) is 6.54 Å². The summed E-state index contributed by atoms with van der Waals surface area (Å²) in [7, 11) is 0. The SMILES string of the molecule is Nc1cccc(OCCCN2CCN(Cc3ccccc3)CC2)c1. The van der Waals surface area contributed by atoms with Crippen molar-refractivity contribution in [2.75, 3.05) is 45.1 Å². The van der Waals surface area contributed by atoms with Crippen molar-refractivity contribution in [3.8, 4) is 5.75 Å². The summed E-state index contributed by atoms with van der Waals surface area (Å²) < 4.78 is 5.76. The van der Waals surface area contributed by atoms with Gasteiger partial charge in [-0.25, -0.2) is 0 Å². The first-order valence-electron chi connectivity index (χ1n) is 8.76. The molecule has 24 heavy (non-hydrogen) atoms. The van der Waals surface area contributed by atoms with Crippen LogP contribution in [0.25, 0.3) is 0 Å². The maximum Gasteiger partial charge on any atom is 0.121 e. The van der Waals surface area contributed by atoms with E-state index in [1.54, 1.807) is 0 Å². The normalized spacial score (nSPS) is 16.2. The van der Waals surface area contributed by atoms with Gasteiger partial charge in [-0.2, -0.15) is 0 Å². The van der Waals surface area contributed by atoms with Crippen molar-refractivity contribution in [3.63, 3.8) is 0 Å². The molecule has 1 aliphatic heterocycles. The second-order valence-corrected chi connectivity index (χ2v) is 6.38. The number of nitrogens with zero attached hydrogens (tertiary/aromatic N) is 2. The zero-order valence-corrected chi connectivity index (χ0v) is 14.2. The Morgan fingerprint density at radius 1 is 0.875 bits per heavy atom. The first-order valence-corrected chi connectivity index (χ1v) is 8.76. The standard InChI is InChI=1S/C20H27N3O/c21-19-8-4-9-20(16-19)24-15-5-10-22-11-13-23(14-12-22)17-18-6-2-1-3-7-18/h1-4,6-9,16H,5,10-15,17,21H2. The van der Waals surface area contributed by atoms with Crippen LogP contribution in [-0.4, -0.2) is 49.1 Å². The van der Waals surface area contributed by atoms with Crippen molar-refractivity contribution in [2.45, 2.75) is 13.0 Å². The summed E-state index contributed by atoms with van der Waals surface area (Å²) in [4.78, 5) is 5.07. The first kappa shape index (κ1) is 16.8. The molecule has 1 aliphatic rings. The van der Waals surface area contributed by atoms with E-state index in [2.05, 4.69) is 40.1 Å². The number of rotatable bonds is 7. The minimum atomic E-state index is 0.744. The average Bonchev–Trinajstić information content (AvgIpc) is 2.61. The van der Waals surface area contributed by atoms with Gasteiger partial charge in [0, 0.05) is 51.0 Å². The molecule has 0 spiro atoms. The minimum Gasteiger partial charge on any atom is -0.493 e. The van der Waals surface area contributed by atoms with Crippen LogP contribution in [0.15, 0.2) is 54.6 Å². The number of nitrogen functional groups attached to an aromatic ring is 1. The van der Waals surface area contributed by atoms with Crippen LogP contribution in [0.4, 0.5) is 5.69 Å². The summed E-state index contributed by atoms with van der Waals surface area (Å²) in [6, 6.07) is 18.4. The van der Waals surface area contributed by atoms with E-state index >= 15 is 0 Å². The highest BCUT2D eigenvalue weighted by atomic mass is 16.5. The Morgan fingerprint density at radius 3 is 2.38 bits per heavy atom. The molecule has 2 N–H and O–H groups in total. The summed E-state index contributed by atoms with van der Waals surface area (Å²) in [5, 5.41) is 0. The molecule has 0 aliphatic carbocycles. The third kappa shape index (κ3) is 5.25. The Hall–Kier alpha value is -2.04. The van der Waals surface area contributed by atoms with Gasteiger partial charge in [-0.1, -0.05) is 36.4 Å². The lowest BCUT2D eigenvalue weighted by Crippen LogP contribution is -2.46. The molecule has 0 radical (unpaired) electrons. The van der Waals surface area contributed by atoms with E-state index in [1.165, 1.54) is 5.56 Å². The fourth-order valence-corrected chi connectivity index (χ4v) is 3.10. The van der Waals surface area contributed by atoms with E-state index in [1.807, 2.05) is 24.3 Å². The molecule has 1 saturated heterocycles. The zero-order chi connectivity index (χ0) is 16.6. The Morgan fingerprint density at radius 2 is 1.62 bits per heavy atom. The highest BCUT2D eigenvalue weighted by Gasteiger charge is 2.16. The van der Waals surface area contributed by atoms with Gasteiger partial charge in [-0.05, 0) is 24.1 Å². The molecule has 0 unspecified atom stereocenters. The molecular formula is C20H27N3O. The summed E-state index contributed by atoms with van der Waals surface area (Å²) in [5.74, 6) is 0.864. The topological polar surface area (TPSA) is 41.7 Å². The number of nitrogens with two attached hydrogens (primary N) is 1.